The first kappa shape index (κ1) is 18.5. The lowest BCUT2D eigenvalue weighted by Crippen LogP contribution is -2.37. The lowest BCUT2D eigenvalue weighted by Gasteiger charge is -2.20. The van der Waals surface area contributed by atoms with Crippen LogP contribution in [0.1, 0.15) is 5.56 Å². The summed E-state index contributed by atoms with van der Waals surface area (Å²) in [6.45, 7) is -3.81. The molecule has 0 fully saturated rings. The van der Waals surface area contributed by atoms with Crippen LogP contribution in [-0.2, 0) is 20.5 Å². The molecule has 0 aliphatic heterocycles. The second-order valence-electron chi connectivity index (χ2n) is 5.65. The summed E-state index contributed by atoms with van der Waals surface area (Å²) in [6.07, 6.45) is 2.05. The van der Waals surface area contributed by atoms with Gasteiger partial charge >= 0.3 is 12.8 Å². The Hall–Kier alpha value is -2.27. The second-order valence-corrected chi connectivity index (χ2v) is 8.39. The van der Waals surface area contributed by atoms with Crippen LogP contribution >= 0.6 is 18.1 Å². The zero-order chi connectivity index (χ0) is 18.6. The number of benzene rings is 2. The van der Waals surface area contributed by atoms with Crippen LogP contribution < -0.4 is 9.61 Å². The fraction of sp³-hybridized carbons (Fsp3) is 0.167. The number of halogens is 1. The molecule has 2 atom stereocenters. The molecule has 6 nitrogen and oxygen atoms in total. The first-order valence-electron chi connectivity index (χ1n) is 7.93. The zero-order valence-electron chi connectivity index (χ0n) is 14.0. The first-order valence-corrected chi connectivity index (χ1v) is 10.5. The van der Waals surface area contributed by atoms with Crippen LogP contribution in [0.2, 0.25) is 0 Å². The highest BCUT2D eigenvalue weighted by atomic mass is 35.7. The number of ether oxygens (including phenoxy) is 1. The summed E-state index contributed by atoms with van der Waals surface area (Å²) in [5.74, 6) is -0.234. The first-order chi connectivity index (χ1) is 12.5. The molecular formula is C18H18ClN2O4P. The Morgan fingerprint density at radius 3 is 2.62 bits per heavy atom. The number of carbonyl (C=O) groups excluding carboxylic acids is 1. The largest absolute Gasteiger partial charge is 0.468 e. The Kier molecular flexibility index (Phi) is 5.67. The molecule has 3 aromatic rings. The third kappa shape index (κ3) is 4.47. The van der Waals surface area contributed by atoms with E-state index < -0.39 is 18.9 Å². The van der Waals surface area contributed by atoms with E-state index in [0.29, 0.717) is 5.75 Å². The molecule has 0 spiro atoms. The van der Waals surface area contributed by atoms with Gasteiger partial charge in [-0.25, -0.2) is 9.65 Å². The quantitative estimate of drug-likeness (QED) is 0.463. The monoisotopic (exact) mass is 392 g/mol. The summed E-state index contributed by atoms with van der Waals surface area (Å²) >= 11 is 6.03. The van der Waals surface area contributed by atoms with Gasteiger partial charge in [-0.2, -0.15) is 0 Å². The molecule has 3 rings (SSSR count). The normalized spacial score (nSPS) is 14.5. The predicted molar refractivity (Wildman–Crippen MR) is 101 cm³/mol. The molecule has 0 amide bonds. The van der Waals surface area contributed by atoms with E-state index in [1.54, 1.807) is 36.5 Å². The van der Waals surface area contributed by atoms with Crippen molar-refractivity contribution in [2.75, 3.05) is 7.11 Å². The van der Waals surface area contributed by atoms with Crippen molar-refractivity contribution in [1.82, 2.24) is 10.1 Å². The fourth-order valence-corrected chi connectivity index (χ4v) is 4.28. The number of nitrogens with one attached hydrogen (secondary N) is 2. The molecule has 2 aromatic carbocycles. The highest BCUT2D eigenvalue weighted by Crippen LogP contribution is 2.48. The minimum atomic E-state index is -3.81. The maximum Gasteiger partial charge on any atom is 0.409 e. The van der Waals surface area contributed by atoms with Crippen molar-refractivity contribution in [2.45, 2.75) is 12.5 Å². The summed E-state index contributed by atoms with van der Waals surface area (Å²) in [6, 6.07) is 15.3. The number of para-hydroxylation sites is 2. The van der Waals surface area contributed by atoms with E-state index in [-0.39, 0.29) is 6.42 Å². The number of aromatic nitrogens is 1. The van der Waals surface area contributed by atoms with Crippen LogP contribution in [0.15, 0.2) is 60.8 Å². The van der Waals surface area contributed by atoms with Gasteiger partial charge in [0.25, 0.3) is 0 Å². The van der Waals surface area contributed by atoms with E-state index in [4.69, 9.17) is 20.5 Å². The van der Waals surface area contributed by atoms with Gasteiger partial charge in [0.05, 0.1) is 7.11 Å². The molecular weight excluding hydrogens is 375 g/mol. The van der Waals surface area contributed by atoms with Gasteiger partial charge in [-0.1, -0.05) is 36.4 Å². The third-order valence-corrected chi connectivity index (χ3v) is 5.43. The molecule has 1 unspecified atom stereocenters. The van der Waals surface area contributed by atoms with Crippen molar-refractivity contribution in [3.63, 3.8) is 0 Å². The van der Waals surface area contributed by atoms with E-state index in [0.717, 1.165) is 16.5 Å². The number of H-pyrrole nitrogens is 1. The molecule has 26 heavy (non-hydrogen) atoms. The third-order valence-electron chi connectivity index (χ3n) is 3.86. The molecule has 0 saturated heterocycles. The highest BCUT2D eigenvalue weighted by Gasteiger charge is 2.31. The van der Waals surface area contributed by atoms with Gasteiger partial charge in [-0.15, -0.1) is 0 Å². The lowest BCUT2D eigenvalue weighted by atomic mass is 10.1. The Morgan fingerprint density at radius 2 is 1.88 bits per heavy atom. The number of esters is 1. The van der Waals surface area contributed by atoms with Crippen molar-refractivity contribution < 1.29 is 18.6 Å². The molecule has 1 heterocycles. The summed E-state index contributed by atoms with van der Waals surface area (Å²) in [5.41, 5.74) is 1.82. The van der Waals surface area contributed by atoms with E-state index in [1.807, 2.05) is 24.3 Å². The van der Waals surface area contributed by atoms with Crippen LogP contribution in [0.3, 0.4) is 0 Å². The Labute approximate surface area is 155 Å². The van der Waals surface area contributed by atoms with Crippen LogP contribution in [0.25, 0.3) is 10.9 Å². The van der Waals surface area contributed by atoms with E-state index in [1.165, 1.54) is 7.11 Å². The number of methoxy groups -OCH3 is 1. The van der Waals surface area contributed by atoms with E-state index in [9.17, 15) is 9.36 Å². The van der Waals surface area contributed by atoms with E-state index >= 15 is 0 Å². The molecule has 2 N–H and O–H groups in total. The van der Waals surface area contributed by atoms with Gasteiger partial charge in [0.15, 0.2) is 0 Å². The van der Waals surface area contributed by atoms with Gasteiger partial charge in [-0.05, 0) is 23.8 Å². The van der Waals surface area contributed by atoms with Crippen molar-refractivity contribution in [1.29, 1.82) is 0 Å². The van der Waals surface area contributed by atoms with Crippen molar-refractivity contribution in [2.24, 2.45) is 0 Å². The van der Waals surface area contributed by atoms with Gasteiger partial charge in [0, 0.05) is 34.8 Å². The van der Waals surface area contributed by atoms with Crippen molar-refractivity contribution in [3.8, 4) is 5.75 Å². The molecule has 1 aromatic heterocycles. The molecule has 0 saturated carbocycles. The maximum atomic E-state index is 12.6. The Morgan fingerprint density at radius 1 is 1.19 bits per heavy atom. The summed E-state index contributed by atoms with van der Waals surface area (Å²) in [7, 11) is 1.27. The van der Waals surface area contributed by atoms with Gasteiger partial charge in [0.2, 0.25) is 0 Å². The highest BCUT2D eigenvalue weighted by molar-refractivity contribution is 7.84. The van der Waals surface area contributed by atoms with Crippen molar-refractivity contribution >= 4 is 35.0 Å². The van der Waals surface area contributed by atoms with Crippen molar-refractivity contribution in [3.05, 3.63) is 66.4 Å². The SMILES string of the molecule is COC(=O)[C@@H](Cc1c[nH]c2ccccc12)NP(=O)(Cl)Oc1ccccc1. The molecule has 136 valence electrons. The average Bonchev–Trinajstić information content (AvgIpc) is 3.04. The maximum absolute atomic E-state index is 12.6. The molecule has 0 aliphatic carbocycles. The number of hydrogen-bond donors (Lipinski definition) is 2. The molecule has 0 aliphatic rings. The van der Waals surface area contributed by atoms with Crippen LogP contribution in [0, 0.1) is 0 Å². The van der Waals surface area contributed by atoms with Crippen LogP contribution in [0.5, 0.6) is 5.75 Å². The molecule has 0 bridgehead atoms. The van der Waals surface area contributed by atoms with Gasteiger partial charge in [-0.3, -0.25) is 4.79 Å². The van der Waals surface area contributed by atoms with E-state index in [2.05, 4.69) is 10.1 Å². The van der Waals surface area contributed by atoms with Gasteiger partial charge < -0.3 is 14.2 Å². The number of hydrogen-bond acceptors (Lipinski definition) is 4. The van der Waals surface area contributed by atoms with Gasteiger partial charge in [0.1, 0.15) is 11.8 Å². The smallest absolute Gasteiger partial charge is 0.409 e. The summed E-state index contributed by atoms with van der Waals surface area (Å²) in [5, 5.41) is 3.57. The minimum Gasteiger partial charge on any atom is -0.468 e. The molecule has 0 radical (unpaired) electrons. The zero-order valence-corrected chi connectivity index (χ0v) is 15.7. The summed E-state index contributed by atoms with van der Waals surface area (Å²) in [4.78, 5) is 15.3. The number of carbonyl (C=O) groups is 1. The number of fused-ring (bicyclic) bond motifs is 1. The topological polar surface area (TPSA) is 80.4 Å². The second kappa shape index (κ2) is 7.96. The Balaban J connectivity index is 1.80. The number of rotatable bonds is 7. The van der Waals surface area contributed by atoms with Crippen LogP contribution in [0.4, 0.5) is 0 Å². The Bertz CT molecular complexity index is 945. The lowest BCUT2D eigenvalue weighted by molar-refractivity contribution is -0.142. The van der Waals surface area contributed by atoms with Crippen LogP contribution in [-0.4, -0.2) is 24.1 Å². The fourth-order valence-electron chi connectivity index (χ4n) is 2.67. The predicted octanol–water partition coefficient (Wildman–Crippen LogP) is 4.27. The summed E-state index contributed by atoms with van der Waals surface area (Å²) < 4.78 is 22.8. The minimum absolute atomic E-state index is 0.242. The average molecular weight is 393 g/mol. The molecule has 8 heteroatoms. The number of aromatic amines is 1. The standard InChI is InChI=1S/C18H18ClN2O4P/c1-24-18(22)17(11-13-12-20-16-10-6-5-9-15(13)16)21-26(19,23)25-14-7-3-2-4-8-14/h2-10,12,17,20H,11H2,1H3,(H,21,23)/t17-,26?/m1/s1.